The molecule has 282 valence electrons. The summed E-state index contributed by atoms with van der Waals surface area (Å²) in [5.41, 5.74) is 4.14. The summed E-state index contributed by atoms with van der Waals surface area (Å²) in [6.07, 6.45) is 19.2. The fraction of sp³-hybridized carbons (Fsp3) is 0.474. The molecule has 2 aliphatic heterocycles. The van der Waals surface area contributed by atoms with E-state index in [1.54, 1.807) is 40.9 Å². The van der Waals surface area contributed by atoms with E-state index in [2.05, 4.69) is 63.5 Å². The first-order valence-corrected chi connectivity index (χ1v) is 19.0. The first-order chi connectivity index (χ1) is 26.8. The fourth-order valence-electron chi connectivity index (χ4n) is 8.01. The number of hydrogen-bond acceptors (Lipinski definition) is 13. The first-order valence-electron chi connectivity index (χ1n) is 19.0. The van der Waals surface area contributed by atoms with Crippen LogP contribution in [-0.4, -0.2) is 93.0 Å². The van der Waals surface area contributed by atoms with Crippen LogP contribution in [0.5, 0.6) is 0 Å². The number of aromatic nitrogens is 9. The minimum atomic E-state index is -0.468. The van der Waals surface area contributed by atoms with Crippen molar-refractivity contribution < 1.29 is 9.59 Å². The van der Waals surface area contributed by atoms with Crippen LogP contribution >= 0.6 is 0 Å². The smallest absolute Gasteiger partial charge is 0.249 e. The molecule has 0 spiro atoms. The Hall–Kier alpha value is -6.20. The lowest BCUT2D eigenvalue weighted by Gasteiger charge is -2.34. The number of likely N-dealkylation sites (tertiary alicyclic amines) is 1. The molecule has 3 aliphatic rings. The van der Waals surface area contributed by atoms with Crippen molar-refractivity contribution in [3.8, 4) is 23.6 Å². The SMILES string of the molecule is C[C@H](C#N)Nc1cc(-n2ncc3cc(C#N)cnc32)ncc1-n1cc(C2CCC(CCN3CCC(n4cc(NC5CCC(=O)NC5=O)cn4)CC3)CC2)nn1. The second kappa shape index (κ2) is 15.6. The molecule has 0 bridgehead atoms. The predicted molar refractivity (Wildman–Crippen MR) is 201 cm³/mol. The van der Waals surface area contributed by atoms with Gasteiger partial charge in [-0.2, -0.15) is 25.4 Å². The average Bonchev–Trinajstić information content (AvgIpc) is 3.99. The quantitative estimate of drug-likeness (QED) is 0.164. The van der Waals surface area contributed by atoms with E-state index in [0.717, 1.165) is 74.9 Å². The van der Waals surface area contributed by atoms with Crippen LogP contribution in [0.25, 0.3) is 22.5 Å². The zero-order valence-electron chi connectivity index (χ0n) is 30.7. The number of nitrogens with one attached hydrogen (secondary N) is 3. The maximum absolute atomic E-state index is 12.1. The van der Waals surface area contributed by atoms with Gasteiger partial charge in [0.25, 0.3) is 0 Å². The topological polar surface area (TPSA) is 213 Å². The molecule has 2 saturated heterocycles. The number of nitriles is 2. The number of anilines is 2. The monoisotopic (exact) mass is 741 g/mol. The minimum absolute atomic E-state index is 0.216. The van der Waals surface area contributed by atoms with Crippen LogP contribution < -0.4 is 16.0 Å². The molecular weight excluding hydrogens is 699 g/mol. The highest BCUT2D eigenvalue weighted by Gasteiger charge is 2.29. The van der Waals surface area contributed by atoms with E-state index in [1.807, 2.05) is 23.1 Å². The lowest BCUT2D eigenvalue weighted by Crippen LogP contribution is -2.47. The van der Waals surface area contributed by atoms with Crippen molar-refractivity contribution in [2.24, 2.45) is 5.92 Å². The summed E-state index contributed by atoms with van der Waals surface area (Å²) < 4.78 is 5.36. The van der Waals surface area contributed by atoms with E-state index in [0.29, 0.717) is 59.1 Å². The van der Waals surface area contributed by atoms with E-state index >= 15 is 0 Å². The van der Waals surface area contributed by atoms with Crippen LogP contribution in [0.3, 0.4) is 0 Å². The molecule has 8 rings (SSSR count). The Labute approximate surface area is 317 Å². The zero-order chi connectivity index (χ0) is 37.9. The standard InChI is InChI=1S/C38H43N15O2/c1-24(16-39)45-32-15-35(53-37-28(19-44-53)14-26(17-40)18-42-37)41-21-34(32)52-23-33(48-49-52)27-4-2-25(3-5-27)8-11-50-12-9-30(10-13-50)51-22-29(20-43-51)46-31-6-7-36(54)47-38(31)55/h14-15,18-25,27,30-31,46H,2-13H2,1H3,(H,41,45)(H,47,54,55)/t24-,25?,27?,31?/m1/s1. The number of pyridine rings is 2. The largest absolute Gasteiger partial charge is 0.371 e. The number of imide groups is 1. The van der Waals surface area contributed by atoms with Crippen LogP contribution in [0.4, 0.5) is 11.4 Å². The molecule has 0 radical (unpaired) electrons. The van der Waals surface area contributed by atoms with E-state index in [4.69, 9.17) is 0 Å². The van der Waals surface area contributed by atoms with Crippen LogP contribution in [0, 0.1) is 28.6 Å². The molecule has 55 heavy (non-hydrogen) atoms. The van der Waals surface area contributed by atoms with Gasteiger partial charge in [-0.05, 0) is 76.8 Å². The summed E-state index contributed by atoms with van der Waals surface area (Å²) >= 11 is 0. The van der Waals surface area contributed by atoms with E-state index in [1.165, 1.54) is 12.6 Å². The lowest BCUT2D eigenvalue weighted by atomic mass is 9.79. The minimum Gasteiger partial charge on any atom is -0.371 e. The molecule has 7 heterocycles. The molecule has 5 aromatic heterocycles. The third-order valence-corrected chi connectivity index (χ3v) is 11.2. The van der Waals surface area contributed by atoms with Gasteiger partial charge in [0, 0.05) is 49.3 Å². The molecule has 5 aromatic rings. The third-order valence-electron chi connectivity index (χ3n) is 11.2. The van der Waals surface area contributed by atoms with Crippen molar-refractivity contribution in [1.29, 1.82) is 10.5 Å². The van der Waals surface area contributed by atoms with Gasteiger partial charge in [-0.15, -0.1) is 5.10 Å². The van der Waals surface area contributed by atoms with Crippen LogP contribution in [0.15, 0.2) is 49.3 Å². The molecule has 2 atom stereocenters. The summed E-state index contributed by atoms with van der Waals surface area (Å²) in [7, 11) is 0. The Bertz CT molecular complexity index is 2260. The molecule has 17 nitrogen and oxygen atoms in total. The number of piperidine rings is 2. The van der Waals surface area contributed by atoms with Crippen LogP contribution in [0.2, 0.25) is 0 Å². The molecular formula is C38H43N15O2. The molecule has 3 N–H and O–H groups in total. The van der Waals surface area contributed by atoms with Crippen molar-refractivity contribution >= 4 is 34.2 Å². The van der Waals surface area contributed by atoms with Gasteiger partial charge in [0.05, 0.1) is 59.5 Å². The van der Waals surface area contributed by atoms with Gasteiger partial charge < -0.3 is 15.5 Å². The number of amides is 2. The van der Waals surface area contributed by atoms with E-state index in [9.17, 15) is 20.1 Å². The normalized spacial score (nSPS) is 21.5. The number of rotatable bonds is 11. The van der Waals surface area contributed by atoms with Gasteiger partial charge in [-0.25, -0.2) is 14.6 Å². The Balaban J connectivity index is 0.830. The van der Waals surface area contributed by atoms with Crippen molar-refractivity contribution in [2.75, 3.05) is 30.3 Å². The molecule has 3 fully saturated rings. The second-order valence-corrected chi connectivity index (χ2v) is 14.9. The van der Waals surface area contributed by atoms with Gasteiger partial charge in [0.15, 0.2) is 11.5 Å². The Morgan fingerprint density at radius 2 is 1.80 bits per heavy atom. The molecule has 1 unspecified atom stereocenters. The van der Waals surface area contributed by atoms with Crippen LogP contribution in [-0.2, 0) is 9.59 Å². The first kappa shape index (κ1) is 35.8. The number of carbonyl (C=O) groups is 2. The third kappa shape index (κ3) is 7.88. The summed E-state index contributed by atoms with van der Waals surface area (Å²) in [6, 6.07) is 7.35. The number of carbonyl (C=O) groups excluding carboxylic acids is 2. The zero-order valence-corrected chi connectivity index (χ0v) is 30.7. The summed E-state index contributed by atoms with van der Waals surface area (Å²) in [5.74, 6) is 1.05. The highest BCUT2D eigenvalue weighted by molar-refractivity contribution is 6.01. The van der Waals surface area contributed by atoms with Gasteiger partial charge >= 0.3 is 0 Å². The van der Waals surface area contributed by atoms with E-state index in [-0.39, 0.29) is 11.8 Å². The van der Waals surface area contributed by atoms with Gasteiger partial charge in [0.2, 0.25) is 11.8 Å². The summed E-state index contributed by atoms with van der Waals surface area (Å²) in [4.78, 5) is 35.3. The van der Waals surface area contributed by atoms with Crippen LogP contribution in [0.1, 0.15) is 87.9 Å². The number of nitrogens with zero attached hydrogens (tertiary/aromatic N) is 12. The predicted octanol–water partition coefficient (Wildman–Crippen LogP) is 4.01. The van der Waals surface area contributed by atoms with E-state index < -0.39 is 12.1 Å². The van der Waals surface area contributed by atoms with Gasteiger partial charge in [-0.3, -0.25) is 19.6 Å². The van der Waals surface area contributed by atoms with Crippen molar-refractivity contribution in [2.45, 2.75) is 88.8 Å². The fourth-order valence-corrected chi connectivity index (χ4v) is 8.01. The highest BCUT2D eigenvalue weighted by Crippen LogP contribution is 2.37. The van der Waals surface area contributed by atoms with Crippen molar-refractivity contribution in [3.63, 3.8) is 0 Å². The molecule has 1 saturated carbocycles. The summed E-state index contributed by atoms with van der Waals surface area (Å²) in [6.45, 7) is 4.97. The maximum Gasteiger partial charge on any atom is 0.249 e. The average molecular weight is 742 g/mol. The second-order valence-electron chi connectivity index (χ2n) is 14.9. The Morgan fingerprint density at radius 3 is 2.58 bits per heavy atom. The Kier molecular flexibility index (Phi) is 10.2. The number of fused-ring (bicyclic) bond motifs is 1. The molecule has 17 heteroatoms. The van der Waals surface area contributed by atoms with Gasteiger partial charge in [0.1, 0.15) is 23.8 Å². The number of hydrogen-bond donors (Lipinski definition) is 3. The lowest BCUT2D eigenvalue weighted by molar-refractivity contribution is -0.133. The highest BCUT2D eigenvalue weighted by atomic mass is 16.2. The molecule has 2 amide bonds. The molecule has 0 aromatic carbocycles. The van der Waals surface area contributed by atoms with Gasteiger partial charge in [-0.1, -0.05) is 5.21 Å². The van der Waals surface area contributed by atoms with Crippen molar-refractivity contribution in [3.05, 3.63) is 60.6 Å². The van der Waals surface area contributed by atoms with Crippen molar-refractivity contribution in [1.82, 2.24) is 54.7 Å². The summed E-state index contributed by atoms with van der Waals surface area (Å²) in [5, 5.41) is 46.6. The maximum atomic E-state index is 12.1. The Morgan fingerprint density at radius 1 is 0.964 bits per heavy atom. The molecule has 1 aliphatic carbocycles.